The lowest BCUT2D eigenvalue weighted by molar-refractivity contribution is -0.137. The number of benzene rings is 1. The standard InChI is InChI=1S/C13H16BrNO3/c14-11-6-3-10(4-7-11)5-8-12(16)15-9-1-2-13(17)18/h3-4,6-7H,1-2,5,8-9H2,(H,15,16)(H,17,18). The number of hydrogen-bond acceptors (Lipinski definition) is 2. The van der Waals surface area contributed by atoms with Crippen molar-refractivity contribution in [3.05, 3.63) is 34.3 Å². The third-order valence-corrected chi connectivity index (χ3v) is 2.97. The molecule has 1 amide bonds. The van der Waals surface area contributed by atoms with Crippen LogP contribution in [-0.4, -0.2) is 23.5 Å². The number of carbonyl (C=O) groups excluding carboxylic acids is 1. The third-order valence-electron chi connectivity index (χ3n) is 2.44. The summed E-state index contributed by atoms with van der Waals surface area (Å²) in [5, 5.41) is 11.1. The summed E-state index contributed by atoms with van der Waals surface area (Å²) in [5.41, 5.74) is 1.11. The zero-order valence-electron chi connectivity index (χ0n) is 9.99. The summed E-state index contributed by atoms with van der Waals surface area (Å²) in [5.74, 6) is -0.873. The Morgan fingerprint density at radius 1 is 1.17 bits per heavy atom. The van der Waals surface area contributed by atoms with Gasteiger partial charge in [-0.05, 0) is 30.5 Å². The van der Waals surface area contributed by atoms with Crippen LogP contribution in [0.3, 0.4) is 0 Å². The van der Waals surface area contributed by atoms with Gasteiger partial charge in [0, 0.05) is 23.9 Å². The van der Waals surface area contributed by atoms with Gasteiger partial charge in [0.15, 0.2) is 0 Å². The van der Waals surface area contributed by atoms with E-state index in [1.54, 1.807) is 0 Å². The molecule has 0 bridgehead atoms. The molecule has 1 aromatic rings. The lowest BCUT2D eigenvalue weighted by Crippen LogP contribution is -2.25. The van der Waals surface area contributed by atoms with Crippen LogP contribution in [0.15, 0.2) is 28.7 Å². The highest BCUT2D eigenvalue weighted by atomic mass is 79.9. The molecule has 18 heavy (non-hydrogen) atoms. The molecular weight excluding hydrogens is 298 g/mol. The third kappa shape index (κ3) is 6.39. The first-order valence-corrected chi connectivity index (χ1v) is 6.60. The van der Waals surface area contributed by atoms with Gasteiger partial charge in [-0.2, -0.15) is 0 Å². The molecule has 0 saturated heterocycles. The number of amides is 1. The van der Waals surface area contributed by atoms with Gasteiger partial charge in [-0.25, -0.2) is 0 Å². The van der Waals surface area contributed by atoms with Gasteiger partial charge in [-0.15, -0.1) is 0 Å². The molecule has 0 aliphatic rings. The van der Waals surface area contributed by atoms with E-state index in [1.165, 1.54) is 0 Å². The lowest BCUT2D eigenvalue weighted by Gasteiger charge is -2.04. The quantitative estimate of drug-likeness (QED) is 0.759. The second-order valence-electron chi connectivity index (χ2n) is 3.97. The van der Waals surface area contributed by atoms with E-state index in [0.717, 1.165) is 10.0 Å². The average Bonchev–Trinajstić information content (AvgIpc) is 2.34. The number of halogens is 1. The normalized spacial score (nSPS) is 10.1. The van der Waals surface area contributed by atoms with Gasteiger partial charge in [0.25, 0.3) is 0 Å². The van der Waals surface area contributed by atoms with Crippen molar-refractivity contribution in [1.29, 1.82) is 0 Å². The van der Waals surface area contributed by atoms with E-state index in [9.17, 15) is 9.59 Å². The minimum Gasteiger partial charge on any atom is -0.481 e. The fraction of sp³-hybridized carbons (Fsp3) is 0.385. The summed E-state index contributed by atoms with van der Waals surface area (Å²) in [6, 6.07) is 7.84. The first-order valence-electron chi connectivity index (χ1n) is 5.81. The Labute approximate surface area is 115 Å². The average molecular weight is 314 g/mol. The smallest absolute Gasteiger partial charge is 0.303 e. The minimum absolute atomic E-state index is 0.0386. The molecule has 0 heterocycles. The zero-order chi connectivity index (χ0) is 13.4. The zero-order valence-corrected chi connectivity index (χ0v) is 11.6. The molecule has 0 atom stereocenters. The van der Waals surface area contributed by atoms with Crippen molar-refractivity contribution in [3.8, 4) is 0 Å². The number of carboxylic acids is 1. The molecule has 2 N–H and O–H groups in total. The Morgan fingerprint density at radius 2 is 1.83 bits per heavy atom. The van der Waals surface area contributed by atoms with Crippen molar-refractivity contribution in [1.82, 2.24) is 5.32 Å². The second kappa shape index (κ2) is 7.87. The molecule has 5 heteroatoms. The summed E-state index contributed by atoms with van der Waals surface area (Å²) in [7, 11) is 0. The number of carboxylic acid groups (broad SMARTS) is 1. The van der Waals surface area contributed by atoms with Gasteiger partial charge in [0.05, 0.1) is 0 Å². The maximum Gasteiger partial charge on any atom is 0.303 e. The van der Waals surface area contributed by atoms with E-state index in [-0.39, 0.29) is 12.3 Å². The van der Waals surface area contributed by atoms with Crippen molar-refractivity contribution < 1.29 is 14.7 Å². The van der Waals surface area contributed by atoms with Crippen LogP contribution in [0.25, 0.3) is 0 Å². The van der Waals surface area contributed by atoms with Gasteiger partial charge in [0.2, 0.25) is 5.91 Å². The van der Waals surface area contributed by atoms with E-state index in [2.05, 4.69) is 21.2 Å². The predicted molar refractivity (Wildman–Crippen MR) is 72.3 cm³/mol. The Hall–Kier alpha value is -1.36. The van der Waals surface area contributed by atoms with Gasteiger partial charge in [0.1, 0.15) is 0 Å². The van der Waals surface area contributed by atoms with Crippen LogP contribution < -0.4 is 5.32 Å². The maximum atomic E-state index is 11.5. The molecule has 1 aromatic carbocycles. The highest BCUT2D eigenvalue weighted by Gasteiger charge is 2.02. The van der Waals surface area contributed by atoms with E-state index in [1.807, 2.05) is 24.3 Å². The molecule has 0 aliphatic heterocycles. The molecule has 4 nitrogen and oxygen atoms in total. The van der Waals surface area contributed by atoms with Crippen molar-refractivity contribution in [2.75, 3.05) is 6.54 Å². The second-order valence-corrected chi connectivity index (χ2v) is 4.89. The molecule has 0 fully saturated rings. The van der Waals surface area contributed by atoms with Crippen LogP contribution in [0.2, 0.25) is 0 Å². The monoisotopic (exact) mass is 313 g/mol. The van der Waals surface area contributed by atoms with Gasteiger partial charge in [-0.3, -0.25) is 9.59 Å². The molecule has 98 valence electrons. The Kier molecular flexibility index (Phi) is 6.43. The fourth-order valence-electron chi connectivity index (χ4n) is 1.46. The Morgan fingerprint density at radius 3 is 2.44 bits per heavy atom. The van der Waals surface area contributed by atoms with Gasteiger partial charge >= 0.3 is 5.97 Å². The van der Waals surface area contributed by atoms with Crippen LogP contribution >= 0.6 is 15.9 Å². The summed E-state index contributed by atoms with van der Waals surface area (Å²) in [6.45, 7) is 0.422. The molecule has 0 aliphatic carbocycles. The van der Waals surface area contributed by atoms with Gasteiger partial charge in [-0.1, -0.05) is 28.1 Å². The van der Waals surface area contributed by atoms with E-state index >= 15 is 0 Å². The first-order chi connectivity index (χ1) is 8.58. The van der Waals surface area contributed by atoms with E-state index < -0.39 is 5.97 Å². The van der Waals surface area contributed by atoms with Crippen LogP contribution in [0.4, 0.5) is 0 Å². The van der Waals surface area contributed by atoms with Crippen LogP contribution in [0.5, 0.6) is 0 Å². The number of nitrogens with one attached hydrogen (secondary N) is 1. The van der Waals surface area contributed by atoms with Crippen molar-refractivity contribution >= 4 is 27.8 Å². The number of aliphatic carboxylic acids is 1. The lowest BCUT2D eigenvalue weighted by atomic mass is 10.1. The number of aryl methyl sites for hydroxylation is 1. The van der Waals surface area contributed by atoms with Crippen LogP contribution in [-0.2, 0) is 16.0 Å². The number of rotatable bonds is 7. The highest BCUT2D eigenvalue weighted by Crippen LogP contribution is 2.11. The predicted octanol–water partition coefficient (Wildman–Crippen LogP) is 2.36. The summed E-state index contributed by atoms with van der Waals surface area (Å²) in [4.78, 5) is 21.7. The summed E-state index contributed by atoms with van der Waals surface area (Å²) >= 11 is 3.35. The Balaban J connectivity index is 2.17. The molecule has 0 unspecified atom stereocenters. The molecule has 0 radical (unpaired) electrons. The molecule has 0 saturated carbocycles. The first kappa shape index (κ1) is 14.7. The molecular formula is C13H16BrNO3. The van der Waals surface area contributed by atoms with Crippen molar-refractivity contribution in [2.24, 2.45) is 0 Å². The van der Waals surface area contributed by atoms with Gasteiger partial charge < -0.3 is 10.4 Å². The minimum atomic E-state index is -0.834. The molecule has 1 rings (SSSR count). The highest BCUT2D eigenvalue weighted by molar-refractivity contribution is 9.10. The topological polar surface area (TPSA) is 66.4 Å². The van der Waals surface area contributed by atoms with Crippen molar-refractivity contribution in [2.45, 2.75) is 25.7 Å². The summed E-state index contributed by atoms with van der Waals surface area (Å²) in [6.07, 6.45) is 1.68. The van der Waals surface area contributed by atoms with Crippen LogP contribution in [0.1, 0.15) is 24.8 Å². The molecule has 0 spiro atoms. The summed E-state index contributed by atoms with van der Waals surface area (Å²) < 4.78 is 1.02. The largest absolute Gasteiger partial charge is 0.481 e. The number of hydrogen-bond donors (Lipinski definition) is 2. The number of carbonyl (C=O) groups is 2. The maximum absolute atomic E-state index is 11.5. The molecule has 0 aromatic heterocycles. The SMILES string of the molecule is O=C(O)CCCNC(=O)CCc1ccc(Br)cc1. The van der Waals surface area contributed by atoms with Crippen LogP contribution in [0, 0.1) is 0 Å². The van der Waals surface area contributed by atoms with Crippen molar-refractivity contribution in [3.63, 3.8) is 0 Å². The van der Waals surface area contributed by atoms with E-state index in [0.29, 0.717) is 25.8 Å². The van der Waals surface area contributed by atoms with E-state index in [4.69, 9.17) is 5.11 Å². The fourth-order valence-corrected chi connectivity index (χ4v) is 1.73. The Bertz CT molecular complexity index is 403.